The fourth-order valence-corrected chi connectivity index (χ4v) is 5.51. The summed E-state index contributed by atoms with van der Waals surface area (Å²) in [5, 5.41) is 11.9. The van der Waals surface area contributed by atoms with Gasteiger partial charge in [-0.25, -0.2) is 0 Å². The van der Waals surface area contributed by atoms with Gasteiger partial charge >= 0.3 is 0 Å². The number of carbonyl (C=O) groups excluding carboxylic acids is 2. The molecule has 5 aromatic carbocycles. The summed E-state index contributed by atoms with van der Waals surface area (Å²) >= 11 is 0. The minimum atomic E-state index is -1.34. The van der Waals surface area contributed by atoms with Gasteiger partial charge in [0.2, 0.25) is 11.8 Å². The molecule has 0 aliphatic heterocycles. The van der Waals surface area contributed by atoms with Crippen molar-refractivity contribution in [2.24, 2.45) is 5.73 Å². The number of primary amides is 1. The van der Waals surface area contributed by atoms with Gasteiger partial charge in [-0.3, -0.25) is 9.59 Å². The number of phenolic OH excluding ortho intramolecular Hbond substituents is 1. The summed E-state index contributed by atoms with van der Waals surface area (Å²) in [5.74, 6) is -1.20. The number of fused-ring (bicyclic) bond motifs is 1. The van der Waals surface area contributed by atoms with E-state index in [4.69, 9.17) is 5.73 Å². The number of carbonyl (C=O) groups is 2. The Morgan fingerprint density at radius 3 is 1.98 bits per heavy atom. The highest BCUT2D eigenvalue weighted by Gasteiger charge is 2.43. The monoisotopic (exact) mass is 542 g/mol. The molecule has 0 saturated carbocycles. The Labute approximate surface area is 240 Å². The average Bonchev–Trinajstić information content (AvgIpc) is 3.00. The van der Waals surface area contributed by atoms with Crippen LogP contribution in [0.25, 0.3) is 10.8 Å². The molecular weight excluding hydrogens is 508 g/mol. The lowest BCUT2D eigenvalue weighted by molar-refractivity contribution is -0.147. The number of hydrogen-bond donors (Lipinski definition) is 2. The van der Waals surface area contributed by atoms with Gasteiger partial charge in [-0.1, -0.05) is 115 Å². The molecule has 0 spiro atoms. The zero-order valence-electron chi connectivity index (χ0n) is 23.1. The fourth-order valence-electron chi connectivity index (χ4n) is 5.51. The average molecular weight is 543 g/mol. The maximum atomic E-state index is 15.0. The predicted octanol–water partition coefficient (Wildman–Crippen LogP) is 6.39. The van der Waals surface area contributed by atoms with Crippen LogP contribution in [0.1, 0.15) is 35.1 Å². The third-order valence-corrected chi connectivity index (χ3v) is 7.84. The van der Waals surface area contributed by atoms with Crippen molar-refractivity contribution in [2.45, 2.75) is 37.8 Å². The van der Waals surface area contributed by atoms with E-state index in [1.165, 1.54) is 0 Å². The first-order chi connectivity index (χ1) is 19.8. The highest BCUT2D eigenvalue weighted by molar-refractivity contribution is 5.96. The van der Waals surface area contributed by atoms with E-state index in [2.05, 4.69) is 0 Å². The van der Waals surface area contributed by atoms with Crippen LogP contribution in [0.3, 0.4) is 0 Å². The van der Waals surface area contributed by atoms with Gasteiger partial charge in [0.1, 0.15) is 11.3 Å². The fraction of sp³-hybridized carbons (Fsp3) is 0.167. The summed E-state index contributed by atoms with van der Waals surface area (Å²) < 4.78 is 0. The standard InChI is InChI=1S/C36H34N2O3/c1-36(35(37)41,24-27-19-21-30(39)22-20-27)38(25-28-13-6-3-7-14-28)34(40)33(23-26-11-4-2-5-12-26)32-18-10-16-29-15-8-9-17-31(29)32/h2-22,33,39H,23-25H2,1H3,(H2,37,41). The number of nitrogens with zero attached hydrogens (tertiary/aromatic N) is 1. The Bertz CT molecular complexity index is 1630. The van der Waals surface area contributed by atoms with Gasteiger partial charge < -0.3 is 15.7 Å². The summed E-state index contributed by atoms with van der Waals surface area (Å²) in [7, 11) is 0. The van der Waals surface area contributed by atoms with Crippen LogP contribution in [0, 0.1) is 0 Å². The predicted molar refractivity (Wildman–Crippen MR) is 163 cm³/mol. The van der Waals surface area contributed by atoms with Crippen LogP contribution in [-0.4, -0.2) is 27.4 Å². The number of benzene rings is 5. The second kappa shape index (κ2) is 12.1. The van der Waals surface area contributed by atoms with Crippen LogP contribution in [0.4, 0.5) is 0 Å². The van der Waals surface area contributed by atoms with Crippen molar-refractivity contribution in [1.29, 1.82) is 0 Å². The van der Waals surface area contributed by atoms with E-state index in [1.54, 1.807) is 36.1 Å². The van der Waals surface area contributed by atoms with E-state index in [-0.39, 0.29) is 24.6 Å². The van der Waals surface area contributed by atoms with Crippen molar-refractivity contribution in [3.8, 4) is 5.75 Å². The molecule has 5 heteroatoms. The smallest absolute Gasteiger partial charge is 0.243 e. The van der Waals surface area contributed by atoms with Crippen molar-refractivity contribution in [1.82, 2.24) is 4.90 Å². The highest BCUT2D eigenvalue weighted by Crippen LogP contribution is 2.34. The van der Waals surface area contributed by atoms with Crippen molar-refractivity contribution in [2.75, 3.05) is 0 Å². The van der Waals surface area contributed by atoms with Gasteiger partial charge in [-0.15, -0.1) is 0 Å². The Morgan fingerprint density at radius 2 is 1.32 bits per heavy atom. The van der Waals surface area contributed by atoms with E-state index in [0.717, 1.165) is 33.0 Å². The number of amides is 2. The molecule has 0 bridgehead atoms. The van der Waals surface area contributed by atoms with E-state index in [1.807, 2.05) is 103 Å². The quantitative estimate of drug-likeness (QED) is 0.215. The van der Waals surface area contributed by atoms with E-state index < -0.39 is 17.4 Å². The second-order valence-electron chi connectivity index (χ2n) is 10.7. The topological polar surface area (TPSA) is 83.6 Å². The molecule has 0 aliphatic carbocycles. The largest absolute Gasteiger partial charge is 0.508 e. The Kier molecular flexibility index (Phi) is 8.16. The molecule has 2 unspecified atom stereocenters. The van der Waals surface area contributed by atoms with Crippen LogP contribution >= 0.6 is 0 Å². The normalized spacial score (nSPS) is 13.3. The number of rotatable bonds is 10. The van der Waals surface area contributed by atoms with E-state index >= 15 is 0 Å². The van der Waals surface area contributed by atoms with Gasteiger partial charge in [-0.05, 0) is 58.5 Å². The van der Waals surface area contributed by atoms with Crippen molar-refractivity contribution in [3.63, 3.8) is 0 Å². The maximum absolute atomic E-state index is 15.0. The zero-order chi connectivity index (χ0) is 28.8. The number of phenols is 1. The maximum Gasteiger partial charge on any atom is 0.243 e. The van der Waals surface area contributed by atoms with Crippen molar-refractivity contribution >= 4 is 22.6 Å². The molecule has 0 heterocycles. The van der Waals surface area contributed by atoms with Gasteiger partial charge in [0.15, 0.2) is 0 Å². The lowest BCUT2D eigenvalue weighted by Crippen LogP contribution is -2.59. The minimum Gasteiger partial charge on any atom is -0.508 e. The van der Waals surface area contributed by atoms with Gasteiger partial charge in [0.25, 0.3) is 0 Å². The minimum absolute atomic E-state index is 0.130. The Hall–Kier alpha value is -4.90. The third-order valence-electron chi connectivity index (χ3n) is 7.84. The summed E-state index contributed by atoms with van der Waals surface area (Å²) in [6, 6.07) is 40.4. The molecule has 0 fully saturated rings. The lowest BCUT2D eigenvalue weighted by atomic mass is 9.84. The molecule has 5 nitrogen and oxygen atoms in total. The number of hydrogen-bond acceptors (Lipinski definition) is 3. The zero-order valence-corrected chi connectivity index (χ0v) is 23.1. The summed E-state index contributed by atoms with van der Waals surface area (Å²) in [4.78, 5) is 30.0. The van der Waals surface area contributed by atoms with Crippen LogP contribution in [-0.2, 0) is 29.0 Å². The van der Waals surface area contributed by atoms with Crippen LogP contribution in [0.5, 0.6) is 5.75 Å². The van der Waals surface area contributed by atoms with Gasteiger partial charge in [0, 0.05) is 13.0 Å². The number of aromatic hydroxyl groups is 1. The molecule has 2 atom stereocenters. The molecule has 206 valence electrons. The molecular formula is C36H34N2O3. The van der Waals surface area contributed by atoms with Crippen LogP contribution < -0.4 is 5.73 Å². The van der Waals surface area contributed by atoms with Crippen LogP contribution in [0.15, 0.2) is 127 Å². The van der Waals surface area contributed by atoms with E-state index in [0.29, 0.717) is 6.42 Å². The van der Waals surface area contributed by atoms with Crippen LogP contribution in [0.2, 0.25) is 0 Å². The molecule has 5 rings (SSSR count). The first-order valence-corrected chi connectivity index (χ1v) is 13.8. The molecule has 3 N–H and O–H groups in total. The lowest BCUT2D eigenvalue weighted by Gasteiger charge is -2.41. The first-order valence-electron chi connectivity index (χ1n) is 13.8. The first kappa shape index (κ1) is 27.7. The molecule has 0 aromatic heterocycles. The number of nitrogens with two attached hydrogens (primary N) is 1. The molecule has 0 aliphatic rings. The molecule has 0 saturated heterocycles. The van der Waals surface area contributed by atoms with E-state index in [9.17, 15) is 14.7 Å². The summed E-state index contributed by atoms with van der Waals surface area (Å²) in [6.07, 6.45) is 0.668. The molecule has 41 heavy (non-hydrogen) atoms. The van der Waals surface area contributed by atoms with Gasteiger partial charge in [-0.2, -0.15) is 0 Å². The highest BCUT2D eigenvalue weighted by atomic mass is 16.3. The Morgan fingerprint density at radius 1 is 0.732 bits per heavy atom. The van der Waals surface area contributed by atoms with Gasteiger partial charge in [0.05, 0.1) is 5.92 Å². The van der Waals surface area contributed by atoms with Crippen molar-refractivity contribution in [3.05, 3.63) is 150 Å². The molecule has 0 radical (unpaired) electrons. The second-order valence-corrected chi connectivity index (χ2v) is 10.7. The summed E-state index contributed by atoms with van der Waals surface area (Å²) in [5.41, 5.74) is 8.42. The SMILES string of the molecule is CC(Cc1ccc(O)cc1)(C(N)=O)N(Cc1ccccc1)C(=O)C(Cc1ccccc1)c1cccc2ccccc12. The summed E-state index contributed by atoms with van der Waals surface area (Å²) in [6.45, 7) is 1.96. The molecule has 2 amide bonds. The van der Waals surface area contributed by atoms with Crippen molar-refractivity contribution < 1.29 is 14.7 Å². The molecule has 5 aromatic rings. The third kappa shape index (κ3) is 6.15. The Balaban J connectivity index is 1.65.